The summed E-state index contributed by atoms with van der Waals surface area (Å²) in [4.78, 5) is 17.8. The maximum atomic E-state index is 13.3. The first-order valence-electron chi connectivity index (χ1n) is 9.28. The molecule has 0 fully saturated rings. The number of fused-ring (bicyclic) bond motifs is 2. The highest BCUT2D eigenvalue weighted by Crippen LogP contribution is 2.26. The first-order chi connectivity index (χ1) is 14.3. The van der Waals surface area contributed by atoms with Crippen LogP contribution >= 0.6 is 0 Å². The van der Waals surface area contributed by atoms with Crippen molar-refractivity contribution in [3.8, 4) is 0 Å². The van der Waals surface area contributed by atoms with Crippen molar-refractivity contribution in [2.75, 3.05) is 19.5 Å². The Kier molecular flexibility index (Phi) is 5.00. The lowest BCUT2D eigenvalue weighted by Gasteiger charge is -2.12. The van der Waals surface area contributed by atoms with E-state index in [9.17, 15) is 13.2 Å². The van der Waals surface area contributed by atoms with Gasteiger partial charge in [-0.3, -0.25) is 9.20 Å². The second-order valence-electron chi connectivity index (χ2n) is 6.94. The molecule has 0 atom stereocenters. The molecule has 1 aromatic carbocycles. The number of nitrogens with zero attached hydrogens (tertiary/aromatic N) is 3. The Labute approximate surface area is 173 Å². The summed E-state index contributed by atoms with van der Waals surface area (Å²) >= 11 is 0. The number of hydrogen-bond acceptors (Lipinski definition) is 6. The third-order valence-electron chi connectivity index (χ3n) is 4.92. The molecule has 0 aliphatic rings. The molecule has 154 valence electrons. The fourth-order valence-corrected chi connectivity index (χ4v) is 4.81. The fraction of sp³-hybridized carbons (Fsp3) is 0.190. The molecule has 0 spiro atoms. The summed E-state index contributed by atoms with van der Waals surface area (Å²) < 4.78 is 34.7. The molecule has 0 aliphatic carbocycles. The number of ether oxygens (including phenoxy) is 1. The zero-order chi connectivity index (χ0) is 21.5. The Morgan fingerprint density at radius 2 is 1.90 bits per heavy atom. The van der Waals surface area contributed by atoms with Gasteiger partial charge in [0.05, 0.1) is 18.0 Å². The summed E-state index contributed by atoms with van der Waals surface area (Å²) in [5.74, 6) is 0.00626. The number of nitrogens with two attached hydrogens (primary N) is 1. The molecular weight excluding hydrogens is 404 g/mol. The summed E-state index contributed by atoms with van der Waals surface area (Å²) in [5.41, 5.74) is 7.58. The molecule has 0 bridgehead atoms. The lowest BCUT2D eigenvalue weighted by Crippen LogP contribution is -2.43. The zero-order valence-corrected chi connectivity index (χ0v) is 17.4. The van der Waals surface area contributed by atoms with Crippen molar-refractivity contribution in [1.82, 2.24) is 9.38 Å². The van der Waals surface area contributed by atoms with E-state index in [2.05, 4.69) is 4.98 Å². The Hall–Kier alpha value is -3.30. The van der Waals surface area contributed by atoms with E-state index >= 15 is 0 Å². The third-order valence-corrected chi connectivity index (χ3v) is 6.72. The van der Waals surface area contributed by atoms with Crippen LogP contribution in [-0.2, 0) is 21.1 Å². The minimum atomic E-state index is -3.95. The largest absolute Gasteiger partial charge is 0.381 e. The van der Waals surface area contributed by atoms with Crippen LogP contribution in [0.4, 0.5) is 5.82 Å². The van der Waals surface area contributed by atoms with Gasteiger partial charge < -0.3 is 10.5 Å². The van der Waals surface area contributed by atoms with Gasteiger partial charge >= 0.3 is 0 Å². The Morgan fingerprint density at radius 1 is 1.17 bits per heavy atom. The van der Waals surface area contributed by atoms with Crippen molar-refractivity contribution >= 4 is 32.3 Å². The number of aryl methyl sites for hydroxylation is 1. The molecule has 0 saturated carbocycles. The average molecular weight is 425 g/mol. The maximum absolute atomic E-state index is 13.3. The maximum Gasteiger partial charge on any atom is 0.278 e. The molecule has 0 aliphatic heterocycles. The molecular formula is C21H21N4O4S+. The highest BCUT2D eigenvalue weighted by atomic mass is 32.2. The van der Waals surface area contributed by atoms with Crippen LogP contribution < -0.4 is 15.9 Å². The Bertz CT molecular complexity index is 1430. The standard InChI is InChI=1S/C21H20N4O4S/c1-14-8-9-18-23-20-16(21(26)25(18)13-14)12-17(19(22)24(20)10-11-29-2)30(27,28)15-6-4-3-5-7-15/h3-9,12-13,22H,10-11H2,1-2H3/p+1. The van der Waals surface area contributed by atoms with Gasteiger partial charge in [-0.15, -0.1) is 0 Å². The normalized spacial score (nSPS) is 11.9. The van der Waals surface area contributed by atoms with Gasteiger partial charge in [0.15, 0.2) is 0 Å². The van der Waals surface area contributed by atoms with Crippen molar-refractivity contribution in [3.63, 3.8) is 0 Å². The van der Waals surface area contributed by atoms with Crippen molar-refractivity contribution < 1.29 is 17.7 Å². The van der Waals surface area contributed by atoms with Crippen LogP contribution in [-0.4, -0.2) is 31.5 Å². The van der Waals surface area contributed by atoms with Gasteiger partial charge in [-0.05, 0) is 36.8 Å². The minimum absolute atomic E-state index is 0.00626. The zero-order valence-electron chi connectivity index (χ0n) is 16.6. The highest BCUT2D eigenvalue weighted by Gasteiger charge is 2.29. The van der Waals surface area contributed by atoms with Crippen LogP contribution in [0.2, 0.25) is 0 Å². The van der Waals surface area contributed by atoms with E-state index in [4.69, 9.17) is 10.5 Å². The van der Waals surface area contributed by atoms with Gasteiger partial charge in [0, 0.05) is 13.3 Å². The molecule has 3 aromatic heterocycles. The SMILES string of the molecule is COCC[n+]1c(N)c(S(=O)(=O)c2ccccc2)cc2c(=O)n3cc(C)ccc3nc21. The molecule has 30 heavy (non-hydrogen) atoms. The molecule has 9 heteroatoms. The van der Waals surface area contributed by atoms with E-state index in [1.807, 2.05) is 13.0 Å². The lowest BCUT2D eigenvalue weighted by atomic mass is 10.2. The van der Waals surface area contributed by atoms with Crippen LogP contribution in [0.1, 0.15) is 5.56 Å². The quantitative estimate of drug-likeness (QED) is 0.384. The number of rotatable bonds is 5. The molecule has 8 nitrogen and oxygen atoms in total. The Balaban J connectivity index is 2.12. The summed E-state index contributed by atoms with van der Waals surface area (Å²) in [6.07, 6.45) is 1.67. The van der Waals surface area contributed by atoms with E-state index in [0.717, 1.165) is 5.56 Å². The molecule has 0 amide bonds. The number of benzene rings is 1. The van der Waals surface area contributed by atoms with Crippen LogP contribution in [0, 0.1) is 6.92 Å². The van der Waals surface area contributed by atoms with E-state index in [1.54, 1.807) is 30.5 Å². The summed E-state index contributed by atoms with van der Waals surface area (Å²) in [5, 5.41) is 0.165. The third kappa shape index (κ3) is 3.21. The van der Waals surface area contributed by atoms with Gasteiger partial charge in [0.1, 0.15) is 10.3 Å². The second kappa shape index (κ2) is 7.51. The van der Waals surface area contributed by atoms with Crippen molar-refractivity contribution in [2.45, 2.75) is 23.3 Å². The first kappa shape index (κ1) is 20.0. The summed E-state index contributed by atoms with van der Waals surface area (Å²) in [6.45, 7) is 2.38. The average Bonchev–Trinajstić information content (AvgIpc) is 2.74. The number of pyridine rings is 2. The monoisotopic (exact) mass is 425 g/mol. The van der Waals surface area contributed by atoms with Gasteiger partial charge in [0.2, 0.25) is 21.3 Å². The fourth-order valence-electron chi connectivity index (χ4n) is 3.38. The first-order valence-corrected chi connectivity index (χ1v) is 10.8. The topological polar surface area (TPSA) is 108 Å². The summed E-state index contributed by atoms with van der Waals surface area (Å²) in [7, 11) is -2.42. The van der Waals surface area contributed by atoms with E-state index in [0.29, 0.717) is 11.3 Å². The van der Waals surface area contributed by atoms with Gasteiger partial charge in [-0.2, -0.15) is 0 Å². The number of aromatic nitrogens is 3. The molecule has 2 N–H and O–H groups in total. The van der Waals surface area contributed by atoms with Crippen molar-refractivity contribution in [1.29, 1.82) is 0 Å². The highest BCUT2D eigenvalue weighted by molar-refractivity contribution is 7.91. The number of sulfone groups is 1. The van der Waals surface area contributed by atoms with Gasteiger partial charge in [-0.1, -0.05) is 29.2 Å². The predicted octanol–water partition coefficient (Wildman–Crippen LogP) is 1.51. The number of anilines is 1. The van der Waals surface area contributed by atoms with Gasteiger partial charge in [-0.25, -0.2) is 13.0 Å². The van der Waals surface area contributed by atoms with Crippen LogP contribution in [0.5, 0.6) is 0 Å². The van der Waals surface area contributed by atoms with Crippen molar-refractivity contribution in [2.24, 2.45) is 0 Å². The lowest BCUT2D eigenvalue weighted by molar-refractivity contribution is -0.662. The van der Waals surface area contributed by atoms with Crippen LogP contribution in [0.15, 0.2) is 69.3 Å². The molecule has 3 heterocycles. The molecule has 0 unspecified atom stereocenters. The molecule has 4 rings (SSSR count). The predicted molar refractivity (Wildman–Crippen MR) is 112 cm³/mol. The molecule has 0 saturated heterocycles. The minimum Gasteiger partial charge on any atom is -0.381 e. The Morgan fingerprint density at radius 3 is 2.60 bits per heavy atom. The smallest absolute Gasteiger partial charge is 0.278 e. The number of methoxy groups -OCH3 is 1. The second-order valence-corrected chi connectivity index (χ2v) is 8.86. The molecule has 0 radical (unpaired) electrons. The van der Waals surface area contributed by atoms with Crippen molar-refractivity contribution in [3.05, 3.63) is 70.6 Å². The van der Waals surface area contributed by atoms with E-state index in [-0.39, 0.29) is 39.7 Å². The van der Waals surface area contributed by atoms with Gasteiger partial charge in [0.25, 0.3) is 11.2 Å². The van der Waals surface area contributed by atoms with E-state index < -0.39 is 9.84 Å². The number of hydrogen-bond donors (Lipinski definition) is 1. The number of nitrogen functional groups attached to an aromatic ring is 1. The van der Waals surface area contributed by atoms with Crippen LogP contribution in [0.3, 0.4) is 0 Å². The van der Waals surface area contributed by atoms with Crippen LogP contribution in [0.25, 0.3) is 16.7 Å². The molecule has 4 aromatic rings. The summed E-state index contributed by atoms with van der Waals surface area (Å²) in [6, 6.07) is 12.9. The van der Waals surface area contributed by atoms with E-state index in [1.165, 1.54) is 34.3 Å².